The molecular formula is C19H21FN2O2. The number of carbonyl (C=O) groups is 1. The molecule has 1 N–H and O–H groups in total. The Hall–Kier alpha value is -2.40. The minimum Gasteiger partial charge on any atom is -0.378 e. The highest BCUT2D eigenvalue weighted by molar-refractivity contribution is 5.94. The molecule has 1 saturated heterocycles. The number of rotatable bonds is 5. The summed E-state index contributed by atoms with van der Waals surface area (Å²) in [6.07, 6.45) is 1.03. The first kappa shape index (κ1) is 16.5. The van der Waals surface area contributed by atoms with Gasteiger partial charge in [-0.15, -0.1) is 0 Å². The van der Waals surface area contributed by atoms with E-state index in [-0.39, 0.29) is 11.7 Å². The van der Waals surface area contributed by atoms with Gasteiger partial charge in [-0.1, -0.05) is 30.3 Å². The lowest BCUT2D eigenvalue weighted by molar-refractivity contribution is -0.116. The summed E-state index contributed by atoms with van der Waals surface area (Å²) in [6.45, 7) is 2.74. The third kappa shape index (κ3) is 4.32. The van der Waals surface area contributed by atoms with Gasteiger partial charge in [-0.05, 0) is 30.2 Å². The number of hydrogen-bond acceptors (Lipinski definition) is 3. The van der Waals surface area contributed by atoms with Crippen molar-refractivity contribution in [1.82, 2.24) is 0 Å². The standard InChI is InChI=1S/C19H21FN2O2/c20-16-7-8-18(22-10-12-24-13-11-22)17(14-16)21-19(23)9-6-15-4-2-1-3-5-15/h1-5,7-8,14H,6,9-13H2,(H,21,23). The zero-order chi connectivity index (χ0) is 16.8. The molecule has 1 aliphatic rings. The molecule has 0 spiro atoms. The van der Waals surface area contributed by atoms with Crippen LogP contribution < -0.4 is 10.2 Å². The summed E-state index contributed by atoms with van der Waals surface area (Å²) < 4.78 is 19.0. The lowest BCUT2D eigenvalue weighted by Crippen LogP contribution is -2.36. The van der Waals surface area contributed by atoms with Gasteiger partial charge in [-0.2, -0.15) is 0 Å². The van der Waals surface area contributed by atoms with Gasteiger partial charge in [0.2, 0.25) is 5.91 Å². The largest absolute Gasteiger partial charge is 0.378 e. The molecule has 126 valence electrons. The third-order valence-corrected chi connectivity index (χ3v) is 4.07. The number of carbonyl (C=O) groups excluding carboxylic acids is 1. The second-order valence-corrected chi connectivity index (χ2v) is 5.79. The molecule has 0 saturated carbocycles. The van der Waals surface area contributed by atoms with Gasteiger partial charge in [-0.3, -0.25) is 4.79 Å². The molecule has 0 bridgehead atoms. The van der Waals surface area contributed by atoms with Crippen molar-refractivity contribution < 1.29 is 13.9 Å². The molecule has 5 heteroatoms. The first-order valence-corrected chi connectivity index (χ1v) is 8.18. The highest BCUT2D eigenvalue weighted by atomic mass is 19.1. The van der Waals surface area contributed by atoms with Gasteiger partial charge in [0.05, 0.1) is 24.6 Å². The fraction of sp³-hybridized carbons (Fsp3) is 0.316. The minimum absolute atomic E-state index is 0.112. The van der Waals surface area contributed by atoms with E-state index < -0.39 is 0 Å². The molecule has 1 heterocycles. The Labute approximate surface area is 141 Å². The van der Waals surface area contributed by atoms with Gasteiger partial charge >= 0.3 is 0 Å². The van der Waals surface area contributed by atoms with Crippen molar-refractivity contribution >= 4 is 17.3 Å². The normalized spacial score (nSPS) is 14.5. The van der Waals surface area contributed by atoms with Crippen LogP contribution in [-0.2, 0) is 16.0 Å². The van der Waals surface area contributed by atoms with Gasteiger partial charge in [0.15, 0.2) is 0 Å². The third-order valence-electron chi connectivity index (χ3n) is 4.07. The first-order chi connectivity index (χ1) is 11.7. The summed E-state index contributed by atoms with van der Waals surface area (Å²) in [6, 6.07) is 14.4. The molecule has 4 nitrogen and oxygen atoms in total. The second kappa shape index (κ2) is 7.93. The van der Waals surface area contributed by atoms with E-state index in [0.717, 1.165) is 24.3 Å². The predicted molar refractivity (Wildman–Crippen MR) is 92.8 cm³/mol. The monoisotopic (exact) mass is 328 g/mol. The summed E-state index contributed by atoms with van der Waals surface area (Å²) in [5, 5.41) is 2.86. The minimum atomic E-state index is -0.356. The van der Waals surface area contributed by atoms with Crippen LogP contribution in [0.25, 0.3) is 0 Å². The van der Waals surface area contributed by atoms with Gasteiger partial charge in [0, 0.05) is 19.5 Å². The van der Waals surface area contributed by atoms with E-state index in [1.165, 1.54) is 12.1 Å². The molecule has 1 aliphatic heterocycles. The lowest BCUT2D eigenvalue weighted by Gasteiger charge is -2.30. The number of benzene rings is 2. The van der Waals surface area contributed by atoms with E-state index in [9.17, 15) is 9.18 Å². The molecule has 3 rings (SSSR count). The van der Waals surface area contributed by atoms with Crippen LogP contribution in [-0.4, -0.2) is 32.2 Å². The summed E-state index contributed by atoms with van der Waals surface area (Å²) in [7, 11) is 0. The van der Waals surface area contributed by atoms with Gasteiger partial charge in [0.25, 0.3) is 0 Å². The van der Waals surface area contributed by atoms with Crippen LogP contribution >= 0.6 is 0 Å². The van der Waals surface area contributed by atoms with Gasteiger partial charge in [-0.25, -0.2) is 4.39 Å². The predicted octanol–water partition coefficient (Wildman–Crippen LogP) is 3.23. The number of anilines is 2. The van der Waals surface area contributed by atoms with E-state index in [0.29, 0.717) is 31.7 Å². The van der Waals surface area contributed by atoms with Crippen LogP contribution in [0, 0.1) is 5.82 Å². The summed E-state index contributed by atoms with van der Waals surface area (Å²) in [5.41, 5.74) is 2.48. The zero-order valence-corrected chi connectivity index (χ0v) is 13.5. The Kier molecular flexibility index (Phi) is 5.43. The maximum Gasteiger partial charge on any atom is 0.224 e. The van der Waals surface area contributed by atoms with E-state index in [1.807, 2.05) is 30.3 Å². The molecule has 0 unspecified atom stereocenters. The maximum absolute atomic E-state index is 13.6. The number of nitrogens with one attached hydrogen (secondary N) is 1. The SMILES string of the molecule is O=C(CCc1ccccc1)Nc1cc(F)ccc1N1CCOCC1. The molecule has 1 amide bonds. The lowest BCUT2D eigenvalue weighted by atomic mass is 10.1. The summed E-state index contributed by atoms with van der Waals surface area (Å²) in [4.78, 5) is 14.4. The fourth-order valence-corrected chi connectivity index (χ4v) is 2.80. The molecule has 0 atom stereocenters. The van der Waals surface area contributed by atoms with E-state index >= 15 is 0 Å². The second-order valence-electron chi connectivity index (χ2n) is 5.79. The Bertz CT molecular complexity index is 685. The number of morpholine rings is 1. The van der Waals surface area contributed by atoms with Crippen molar-refractivity contribution in [2.75, 3.05) is 36.5 Å². The average molecular weight is 328 g/mol. The quantitative estimate of drug-likeness (QED) is 0.916. The molecular weight excluding hydrogens is 307 g/mol. The Morgan fingerprint density at radius 2 is 1.88 bits per heavy atom. The summed E-state index contributed by atoms with van der Waals surface area (Å²) in [5.74, 6) is -0.468. The Balaban J connectivity index is 1.66. The van der Waals surface area contributed by atoms with Crippen molar-refractivity contribution in [3.05, 3.63) is 59.9 Å². The number of halogens is 1. The molecule has 2 aromatic carbocycles. The number of nitrogens with zero attached hydrogens (tertiary/aromatic N) is 1. The first-order valence-electron chi connectivity index (χ1n) is 8.18. The molecule has 0 aliphatic carbocycles. The summed E-state index contributed by atoms with van der Waals surface area (Å²) >= 11 is 0. The highest BCUT2D eigenvalue weighted by Crippen LogP contribution is 2.28. The van der Waals surface area contributed by atoms with Crippen molar-refractivity contribution in [1.29, 1.82) is 0 Å². The van der Waals surface area contributed by atoms with E-state index in [1.54, 1.807) is 6.07 Å². The van der Waals surface area contributed by atoms with Crippen molar-refractivity contribution in [3.63, 3.8) is 0 Å². The van der Waals surface area contributed by atoms with Crippen LogP contribution in [0.2, 0.25) is 0 Å². The Morgan fingerprint density at radius 1 is 1.12 bits per heavy atom. The van der Waals surface area contributed by atoms with Crippen LogP contribution in [0.1, 0.15) is 12.0 Å². The molecule has 0 radical (unpaired) electrons. The van der Waals surface area contributed by atoms with Crippen LogP contribution in [0.5, 0.6) is 0 Å². The van der Waals surface area contributed by atoms with E-state index in [4.69, 9.17) is 4.74 Å². The number of amides is 1. The van der Waals surface area contributed by atoms with Crippen LogP contribution in [0.3, 0.4) is 0 Å². The highest BCUT2D eigenvalue weighted by Gasteiger charge is 2.16. The number of hydrogen-bond donors (Lipinski definition) is 1. The number of aryl methyl sites for hydroxylation is 1. The van der Waals surface area contributed by atoms with Crippen molar-refractivity contribution in [3.8, 4) is 0 Å². The number of ether oxygens (including phenoxy) is 1. The van der Waals surface area contributed by atoms with Crippen molar-refractivity contribution in [2.45, 2.75) is 12.8 Å². The maximum atomic E-state index is 13.6. The molecule has 0 aromatic heterocycles. The Morgan fingerprint density at radius 3 is 2.62 bits per heavy atom. The van der Waals surface area contributed by atoms with Crippen LogP contribution in [0.15, 0.2) is 48.5 Å². The smallest absolute Gasteiger partial charge is 0.224 e. The topological polar surface area (TPSA) is 41.6 Å². The average Bonchev–Trinajstić information content (AvgIpc) is 2.62. The molecule has 2 aromatic rings. The van der Waals surface area contributed by atoms with Gasteiger partial charge < -0.3 is 15.0 Å². The molecule has 1 fully saturated rings. The molecule has 24 heavy (non-hydrogen) atoms. The zero-order valence-electron chi connectivity index (χ0n) is 13.5. The van der Waals surface area contributed by atoms with Crippen LogP contribution in [0.4, 0.5) is 15.8 Å². The van der Waals surface area contributed by atoms with Gasteiger partial charge in [0.1, 0.15) is 5.82 Å². The van der Waals surface area contributed by atoms with Crippen molar-refractivity contribution in [2.24, 2.45) is 0 Å². The fourth-order valence-electron chi connectivity index (χ4n) is 2.80. The van der Waals surface area contributed by atoms with E-state index in [2.05, 4.69) is 10.2 Å².